The predicted octanol–water partition coefficient (Wildman–Crippen LogP) is 3.78. The van der Waals surface area contributed by atoms with Crippen molar-refractivity contribution in [2.45, 2.75) is 45.3 Å². The maximum atomic E-state index is 11.8. The first-order chi connectivity index (χ1) is 13.2. The van der Waals surface area contributed by atoms with Crippen LogP contribution < -0.4 is 10.5 Å². The summed E-state index contributed by atoms with van der Waals surface area (Å²) in [5.74, 6) is 1.41. The van der Waals surface area contributed by atoms with Crippen LogP contribution in [0.25, 0.3) is 0 Å². The van der Waals surface area contributed by atoms with E-state index in [2.05, 4.69) is 29.2 Å². The highest BCUT2D eigenvalue weighted by molar-refractivity contribution is 5.79. The van der Waals surface area contributed by atoms with E-state index in [1.54, 1.807) is 0 Å². The largest absolute Gasteiger partial charge is 0.489 e. The first-order valence-electron chi connectivity index (χ1n) is 9.94. The van der Waals surface area contributed by atoms with E-state index in [9.17, 15) is 4.79 Å². The molecule has 2 N–H and O–H groups in total. The Morgan fingerprint density at radius 1 is 1.15 bits per heavy atom. The van der Waals surface area contributed by atoms with Crippen LogP contribution in [0.1, 0.15) is 37.3 Å². The Labute approximate surface area is 162 Å². The summed E-state index contributed by atoms with van der Waals surface area (Å²) < 4.78 is 5.93. The molecule has 0 spiro atoms. The van der Waals surface area contributed by atoms with Gasteiger partial charge in [0.1, 0.15) is 12.4 Å². The highest BCUT2D eigenvalue weighted by atomic mass is 16.5. The first kappa shape index (κ1) is 19.4. The van der Waals surface area contributed by atoms with Crippen molar-refractivity contribution in [3.05, 3.63) is 65.7 Å². The first-order valence-corrected chi connectivity index (χ1v) is 9.94. The van der Waals surface area contributed by atoms with Crippen LogP contribution in [0.4, 0.5) is 0 Å². The number of primary amides is 1. The number of carbonyl (C=O) groups excluding carboxylic acids is 1. The van der Waals surface area contributed by atoms with E-state index in [-0.39, 0.29) is 11.9 Å². The lowest BCUT2D eigenvalue weighted by atomic mass is 10.1. The standard InChI is InChI=1S/C23H30N2O2/c1-2-22(23(24)26)25(16-19-11-12-19)14-13-18-9-6-10-21(15-18)27-17-20-7-4-3-5-8-20/h3-10,15,19,22H,2,11-14,16-17H2,1H3,(H2,24,26). The lowest BCUT2D eigenvalue weighted by Gasteiger charge is -2.29. The van der Waals surface area contributed by atoms with E-state index in [0.717, 1.165) is 43.2 Å². The van der Waals surface area contributed by atoms with Gasteiger partial charge in [-0.15, -0.1) is 0 Å². The Morgan fingerprint density at radius 3 is 2.56 bits per heavy atom. The van der Waals surface area contributed by atoms with Gasteiger partial charge in [0.15, 0.2) is 0 Å². The Bertz CT molecular complexity index is 728. The molecular formula is C23H30N2O2. The van der Waals surface area contributed by atoms with Gasteiger partial charge >= 0.3 is 0 Å². The van der Waals surface area contributed by atoms with Gasteiger partial charge in [0.2, 0.25) is 5.91 Å². The number of ether oxygens (including phenoxy) is 1. The second-order valence-corrected chi connectivity index (χ2v) is 7.44. The molecule has 1 saturated carbocycles. The molecule has 144 valence electrons. The minimum absolute atomic E-state index is 0.164. The molecule has 3 rings (SSSR count). The summed E-state index contributed by atoms with van der Waals surface area (Å²) in [5, 5.41) is 0. The molecule has 1 atom stereocenters. The van der Waals surface area contributed by atoms with Gasteiger partial charge in [0.05, 0.1) is 6.04 Å². The van der Waals surface area contributed by atoms with Crippen LogP contribution in [0.5, 0.6) is 5.75 Å². The van der Waals surface area contributed by atoms with Crippen molar-refractivity contribution in [2.24, 2.45) is 11.7 Å². The molecule has 4 heteroatoms. The van der Waals surface area contributed by atoms with Gasteiger partial charge in [-0.25, -0.2) is 0 Å². The van der Waals surface area contributed by atoms with Crippen LogP contribution >= 0.6 is 0 Å². The molecule has 1 fully saturated rings. The number of hydrogen-bond acceptors (Lipinski definition) is 3. The lowest BCUT2D eigenvalue weighted by molar-refractivity contribution is -0.123. The Kier molecular flexibility index (Phi) is 6.88. The van der Waals surface area contributed by atoms with E-state index in [4.69, 9.17) is 10.5 Å². The van der Waals surface area contributed by atoms with Crippen molar-refractivity contribution >= 4 is 5.91 Å². The fraction of sp³-hybridized carbons (Fsp3) is 0.435. The number of benzene rings is 2. The molecule has 0 heterocycles. The van der Waals surface area contributed by atoms with Gasteiger partial charge in [-0.3, -0.25) is 9.69 Å². The Hall–Kier alpha value is -2.33. The summed E-state index contributed by atoms with van der Waals surface area (Å²) in [6.45, 7) is 4.43. The zero-order valence-electron chi connectivity index (χ0n) is 16.1. The fourth-order valence-electron chi connectivity index (χ4n) is 3.45. The van der Waals surface area contributed by atoms with Gasteiger partial charge < -0.3 is 10.5 Å². The summed E-state index contributed by atoms with van der Waals surface area (Å²) in [6.07, 6.45) is 4.20. The van der Waals surface area contributed by atoms with Crippen molar-refractivity contribution in [3.63, 3.8) is 0 Å². The SMILES string of the molecule is CCC(C(N)=O)N(CCc1cccc(OCc2ccccc2)c1)CC1CC1. The summed E-state index contributed by atoms with van der Waals surface area (Å²) >= 11 is 0. The number of carbonyl (C=O) groups is 1. The quantitative estimate of drug-likeness (QED) is 0.658. The second-order valence-electron chi connectivity index (χ2n) is 7.44. The van der Waals surface area contributed by atoms with Crippen LogP contribution in [-0.2, 0) is 17.8 Å². The van der Waals surface area contributed by atoms with E-state index in [0.29, 0.717) is 6.61 Å². The average molecular weight is 367 g/mol. The summed E-state index contributed by atoms with van der Waals surface area (Å²) in [6, 6.07) is 18.3. The van der Waals surface area contributed by atoms with Crippen LogP contribution in [0.3, 0.4) is 0 Å². The van der Waals surface area contributed by atoms with E-state index < -0.39 is 0 Å². The highest BCUT2D eigenvalue weighted by Crippen LogP contribution is 2.30. The minimum atomic E-state index is -0.210. The van der Waals surface area contributed by atoms with E-state index in [1.165, 1.54) is 18.4 Å². The second kappa shape index (κ2) is 9.56. The molecule has 0 saturated heterocycles. The third-order valence-corrected chi connectivity index (χ3v) is 5.18. The van der Waals surface area contributed by atoms with Crippen molar-refractivity contribution in [1.29, 1.82) is 0 Å². The smallest absolute Gasteiger partial charge is 0.234 e. The highest BCUT2D eigenvalue weighted by Gasteiger charge is 2.29. The number of nitrogens with zero attached hydrogens (tertiary/aromatic N) is 1. The lowest BCUT2D eigenvalue weighted by Crippen LogP contribution is -2.46. The molecule has 2 aromatic carbocycles. The molecule has 1 unspecified atom stereocenters. The predicted molar refractivity (Wildman–Crippen MR) is 108 cm³/mol. The number of rotatable bonds is 11. The molecule has 0 aliphatic heterocycles. The zero-order valence-corrected chi connectivity index (χ0v) is 16.1. The van der Waals surface area contributed by atoms with Gasteiger partial charge in [0.25, 0.3) is 0 Å². The minimum Gasteiger partial charge on any atom is -0.489 e. The summed E-state index contributed by atoms with van der Waals surface area (Å²) in [7, 11) is 0. The Morgan fingerprint density at radius 2 is 1.89 bits per heavy atom. The molecule has 4 nitrogen and oxygen atoms in total. The molecule has 1 aliphatic rings. The Balaban J connectivity index is 1.57. The number of amides is 1. The van der Waals surface area contributed by atoms with E-state index in [1.807, 2.05) is 37.3 Å². The van der Waals surface area contributed by atoms with Gasteiger partial charge in [-0.05, 0) is 54.9 Å². The number of hydrogen-bond donors (Lipinski definition) is 1. The van der Waals surface area contributed by atoms with Crippen LogP contribution in [-0.4, -0.2) is 29.9 Å². The molecule has 27 heavy (non-hydrogen) atoms. The van der Waals surface area contributed by atoms with E-state index >= 15 is 0 Å². The fourth-order valence-corrected chi connectivity index (χ4v) is 3.45. The van der Waals surface area contributed by atoms with Crippen molar-refractivity contribution < 1.29 is 9.53 Å². The summed E-state index contributed by atoms with van der Waals surface area (Å²) in [4.78, 5) is 14.1. The third kappa shape index (κ3) is 6.10. The maximum absolute atomic E-state index is 11.8. The molecule has 0 radical (unpaired) electrons. The van der Waals surface area contributed by atoms with Gasteiger partial charge in [-0.1, -0.05) is 49.4 Å². The molecule has 1 aliphatic carbocycles. The van der Waals surface area contributed by atoms with Crippen molar-refractivity contribution in [2.75, 3.05) is 13.1 Å². The van der Waals surface area contributed by atoms with Crippen LogP contribution in [0.15, 0.2) is 54.6 Å². The molecular weight excluding hydrogens is 336 g/mol. The normalized spacial score (nSPS) is 14.9. The molecule has 0 bridgehead atoms. The third-order valence-electron chi connectivity index (χ3n) is 5.18. The average Bonchev–Trinajstić information content (AvgIpc) is 3.50. The molecule has 2 aromatic rings. The van der Waals surface area contributed by atoms with Crippen LogP contribution in [0, 0.1) is 5.92 Å². The van der Waals surface area contributed by atoms with Gasteiger partial charge in [-0.2, -0.15) is 0 Å². The van der Waals surface area contributed by atoms with Crippen LogP contribution in [0.2, 0.25) is 0 Å². The molecule has 1 amide bonds. The monoisotopic (exact) mass is 366 g/mol. The van der Waals surface area contributed by atoms with Crippen molar-refractivity contribution in [1.82, 2.24) is 4.90 Å². The topological polar surface area (TPSA) is 55.6 Å². The summed E-state index contributed by atoms with van der Waals surface area (Å²) in [5.41, 5.74) is 8.01. The number of nitrogens with two attached hydrogens (primary N) is 1. The maximum Gasteiger partial charge on any atom is 0.234 e. The van der Waals surface area contributed by atoms with Gasteiger partial charge in [0, 0.05) is 13.1 Å². The zero-order chi connectivity index (χ0) is 19.1. The molecule has 0 aromatic heterocycles. The van der Waals surface area contributed by atoms with Crippen molar-refractivity contribution in [3.8, 4) is 5.75 Å².